The fraction of sp³-hybridized carbons (Fsp3) is 0.375. The van der Waals surface area contributed by atoms with Gasteiger partial charge in [0.05, 0.1) is 18.8 Å². The van der Waals surface area contributed by atoms with Crippen LogP contribution in [0.5, 0.6) is 0 Å². The Morgan fingerprint density at radius 3 is 2.12 bits per heavy atom. The summed E-state index contributed by atoms with van der Waals surface area (Å²) in [7, 11) is 0. The Kier molecular flexibility index (Phi) is 7.97. The standard InChI is InChI=1S/C16H20N2O6/c1-3-23-15(21)10-17-13(19)9-14(20)18-12-7-5-11(6-8-12)16(22)24-4-2/h5-8H,3-4,9-10H2,1-2H3,(H,17,19)(H,18,20). The number of hydrogen-bond acceptors (Lipinski definition) is 6. The van der Waals surface area contributed by atoms with Crippen LogP contribution >= 0.6 is 0 Å². The van der Waals surface area contributed by atoms with Gasteiger partial charge in [-0.2, -0.15) is 0 Å². The average molecular weight is 336 g/mol. The minimum absolute atomic E-state index is 0.219. The second-order valence-electron chi connectivity index (χ2n) is 4.60. The van der Waals surface area contributed by atoms with Crippen molar-refractivity contribution in [3.05, 3.63) is 29.8 Å². The predicted molar refractivity (Wildman–Crippen MR) is 85.3 cm³/mol. The summed E-state index contributed by atoms with van der Waals surface area (Å²) in [4.78, 5) is 45.8. The third kappa shape index (κ3) is 6.91. The second-order valence-corrected chi connectivity index (χ2v) is 4.60. The molecule has 0 aliphatic carbocycles. The Bertz CT molecular complexity index is 597. The number of benzene rings is 1. The van der Waals surface area contributed by atoms with Gasteiger partial charge in [-0.05, 0) is 38.1 Å². The molecule has 0 radical (unpaired) electrons. The fourth-order valence-electron chi connectivity index (χ4n) is 1.70. The predicted octanol–water partition coefficient (Wildman–Crippen LogP) is 0.871. The van der Waals surface area contributed by atoms with Gasteiger partial charge in [0.2, 0.25) is 11.8 Å². The quantitative estimate of drug-likeness (QED) is 0.538. The van der Waals surface area contributed by atoms with Gasteiger partial charge in [0.15, 0.2) is 0 Å². The molecule has 2 amide bonds. The van der Waals surface area contributed by atoms with Crippen molar-refractivity contribution >= 4 is 29.4 Å². The number of rotatable bonds is 8. The molecule has 130 valence electrons. The van der Waals surface area contributed by atoms with Crippen LogP contribution in [0.4, 0.5) is 5.69 Å². The summed E-state index contributed by atoms with van der Waals surface area (Å²) < 4.78 is 9.50. The van der Waals surface area contributed by atoms with Gasteiger partial charge >= 0.3 is 11.9 Å². The summed E-state index contributed by atoms with van der Waals surface area (Å²) in [6.45, 7) is 3.57. The van der Waals surface area contributed by atoms with Crippen LogP contribution in [-0.4, -0.2) is 43.5 Å². The molecule has 0 bridgehead atoms. The van der Waals surface area contributed by atoms with Crippen LogP contribution in [0.15, 0.2) is 24.3 Å². The van der Waals surface area contributed by atoms with Gasteiger partial charge in [0.1, 0.15) is 13.0 Å². The Labute approximate surface area is 139 Å². The van der Waals surface area contributed by atoms with E-state index < -0.39 is 30.2 Å². The number of carbonyl (C=O) groups excluding carboxylic acids is 4. The van der Waals surface area contributed by atoms with E-state index in [-0.39, 0.29) is 19.8 Å². The van der Waals surface area contributed by atoms with Gasteiger partial charge in [-0.3, -0.25) is 14.4 Å². The van der Waals surface area contributed by atoms with Crippen molar-refractivity contribution in [3.8, 4) is 0 Å². The molecule has 0 atom stereocenters. The lowest BCUT2D eigenvalue weighted by Gasteiger charge is -2.07. The molecule has 2 N–H and O–H groups in total. The van der Waals surface area contributed by atoms with E-state index in [1.54, 1.807) is 13.8 Å². The van der Waals surface area contributed by atoms with Crippen LogP contribution in [0.1, 0.15) is 30.6 Å². The van der Waals surface area contributed by atoms with Gasteiger partial charge in [0.25, 0.3) is 0 Å². The SMILES string of the molecule is CCOC(=O)CNC(=O)CC(=O)Nc1ccc(C(=O)OCC)cc1. The maximum absolute atomic E-state index is 11.7. The molecule has 0 aliphatic heterocycles. The normalized spacial score (nSPS) is 9.75. The molecule has 0 fully saturated rings. The van der Waals surface area contributed by atoms with E-state index in [9.17, 15) is 19.2 Å². The number of amides is 2. The maximum Gasteiger partial charge on any atom is 0.338 e. The van der Waals surface area contributed by atoms with E-state index in [4.69, 9.17) is 4.74 Å². The van der Waals surface area contributed by atoms with Gasteiger partial charge < -0.3 is 20.1 Å². The molecule has 8 nitrogen and oxygen atoms in total. The van der Waals surface area contributed by atoms with E-state index in [1.807, 2.05) is 0 Å². The fourth-order valence-corrected chi connectivity index (χ4v) is 1.70. The summed E-state index contributed by atoms with van der Waals surface area (Å²) in [6, 6.07) is 6.07. The number of nitrogens with one attached hydrogen (secondary N) is 2. The zero-order valence-electron chi connectivity index (χ0n) is 13.6. The molecule has 0 aliphatic rings. The van der Waals surface area contributed by atoms with Gasteiger partial charge in [0, 0.05) is 5.69 Å². The first-order valence-electron chi connectivity index (χ1n) is 7.45. The van der Waals surface area contributed by atoms with Crippen LogP contribution in [0.3, 0.4) is 0 Å². The Balaban J connectivity index is 2.43. The number of ether oxygens (including phenoxy) is 2. The topological polar surface area (TPSA) is 111 Å². The van der Waals surface area contributed by atoms with E-state index in [0.29, 0.717) is 11.3 Å². The molecule has 24 heavy (non-hydrogen) atoms. The van der Waals surface area contributed by atoms with E-state index in [2.05, 4.69) is 15.4 Å². The highest BCUT2D eigenvalue weighted by Gasteiger charge is 2.12. The molecule has 8 heteroatoms. The van der Waals surface area contributed by atoms with E-state index in [0.717, 1.165) is 0 Å². The highest BCUT2D eigenvalue weighted by molar-refractivity contribution is 6.04. The van der Waals surface area contributed by atoms with Crippen LogP contribution in [0, 0.1) is 0 Å². The number of carbonyl (C=O) groups is 4. The lowest BCUT2D eigenvalue weighted by atomic mass is 10.2. The third-order valence-corrected chi connectivity index (χ3v) is 2.74. The van der Waals surface area contributed by atoms with Crippen LogP contribution in [0.2, 0.25) is 0 Å². The summed E-state index contributed by atoms with van der Waals surface area (Å²) in [6.07, 6.45) is -0.432. The van der Waals surface area contributed by atoms with Crippen molar-refractivity contribution in [1.29, 1.82) is 0 Å². The number of esters is 2. The lowest BCUT2D eigenvalue weighted by Crippen LogP contribution is -2.33. The Morgan fingerprint density at radius 1 is 0.917 bits per heavy atom. The molecule has 0 saturated carbocycles. The molecule has 0 saturated heterocycles. The average Bonchev–Trinajstić information content (AvgIpc) is 2.54. The summed E-state index contributed by atoms with van der Waals surface area (Å²) >= 11 is 0. The Morgan fingerprint density at radius 2 is 1.54 bits per heavy atom. The van der Waals surface area contributed by atoms with E-state index >= 15 is 0 Å². The van der Waals surface area contributed by atoms with Crippen LogP contribution < -0.4 is 10.6 Å². The molecular weight excluding hydrogens is 316 g/mol. The maximum atomic E-state index is 11.7. The smallest absolute Gasteiger partial charge is 0.338 e. The van der Waals surface area contributed by atoms with Gasteiger partial charge in [-0.15, -0.1) is 0 Å². The molecule has 0 heterocycles. The molecule has 0 spiro atoms. The van der Waals surface area contributed by atoms with Crippen molar-refractivity contribution in [2.24, 2.45) is 0 Å². The van der Waals surface area contributed by atoms with Crippen molar-refractivity contribution < 1.29 is 28.7 Å². The van der Waals surface area contributed by atoms with Crippen molar-refractivity contribution in [1.82, 2.24) is 5.32 Å². The minimum atomic E-state index is -0.594. The van der Waals surface area contributed by atoms with Crippen LogP contribution in [0.25, 0.3) is 0 Å². The molecular formula is C16H20N2O6. The second kappa shape index (κ2) is 9.98. The molecule has 1 rings (SSSR count). The largest absolute Gasteiger partial charge is 0.465 e. The monoisotopic (exact) mass is 336 g/mol. The molecule has 0 unspecified atom stereocenters. The molecule has 0 aromatic heterocycles. The van der Waals surface area contributed by atoms with Crippen molar-refractivity contribution in [2.75, 3.05) is 25.1 Å². The van der Waals surface area contributed by atoms with Crippen molar-refractivity contribution in [2.45, 2.75) is 20.3 Å². The Hall–Kier alpha value is -2.90. The minimum Gasteiger partial charge on any atom is -0.465 e. The first-order valence-corrected chi connectivity index (χ1v) is 7.45. The zero-order valence-corrected chi connectivity index (χ0v) is 13.6. The lowest BCUT2D eigenvalue weighted by molar-refractivity contribution is -0.143. The van der Waals surface area contributed by atoms with Gasteiger partial charge in [-0.1, -0.05) is 0 Å². The van der Waals surface area contributed by atoms with Crippen LogP contribution in [-0.2, 0) is 23.9 Å². The third-order valence-electron chi connectivity index (χ3n) is 2.74. The number of anilines is 1. The highest BCUT2D eigenvalue weighted by atomic mass is 16.5. The van der Waals surface area contributed by atoms with Gasteiger partial charge in [-0.25, -0.2) is 4.79 Å². The zero-order chi connectivity index (χ0) is 17.9. The molecule has 1 aromatic carbocycles. The first kappa shape index (κ1) is 19.1. The van der Waals surface area contributed by atoms with E-state index in [1.165, 1.54) is 24.3 Å². The summed E-state index contributed by atoms with van der Waals surface area (Å²) in [5.74, 6) is -2.15. The highest BCUT2D eigenvalue weighted by Crippen LogP contribution is 2.11. The first-order chi connectivity index (χ1) is 11.5. The summed E-state index contributed by atoms with van der Waals surface area (Å²) in [5.41, 5.74) is 0.799. The number of hydrogen-bond donors (Lipinski definition) is 2. The summed E-state index contributed by atoms with van der Waals surface area (Å²) in [5, 5.41) is 4.80. The molecule has 1 aromatic rings. The van der Waals surface area contributed by atoms with Crippen molar-refractivity contribution in [3.63, 3.8) is 0 Å².